The second kappa shape index (κ2) is 5.40. The Bertz CT molecular complexity index is 1040. The molecule has 0 unspecified atom stereocenters. The van der Waals surface area contributed by atoms with Gasteiger partial charge in [-0.1, -0.05) is 48.5 Å². The number of hydrogen-bond donors (Lipinski definition) is 0. The maximum atomic E-state index is 14.8. The summed E-state index contributed by atoms with van der Waals surface area (Å²) >= 11 is 0. The second-order valence-electron chi connectivity index (χ2n) is 6.36. The highest BCUT2D eigenvalue weighted by molar-refractivity contribution is 6.81. The summed E-state index contributed by atoms with van der Waals surface area (Å²) in [7, 11) is 0. The van der Waals surface area contributed by atoms with Gasteiger partial charge in [0.1, 0.15) is 0 Å². The predicted octanol–water partition coefficient (Wildman–Crippen LogP) is 3.05. The molecule has 0 amide bonds. The first-order valence-corrected chi connectivity index (χ1v) is 8.03. The first-order valence-electron chi connectivity index (χ1n) is 8.03. The first-order chi connectivity index (χ1) is 13.0. The molecule has 3 heterocycles. The fraction of sp³-hybridized carbons (Fsp3) is 0.0526. The number of halogens is 5. The predicted molar refractivity (Wildman–Crippen MR) is 86.2 cm³/mol. The van der Waals surface area contributed by atoms with Crippen LogP contribution in [0.2, 0.25) is 0 Å². The van der Waals surface area contributed by atoms with Crippen LogP contribution in [0, 0.1) is 29.1 Å². The molecule has 0 saturated heterocycles. The van der Waals surface area contributed by atoms with Crippen LogP contribution in [0.25, 0.3) is 0 Å². The van der Waals surface area contributed by atoms with E-state index in [1.54, 1.807) is 36.4 Å². The van der Waals surface area contributed by atoms with E-state index in [2.05, 4.69) is 0 Å². The van der Waals surface area contributed by atoms with Gasteiger partial charge < -0.3 is 0 Å². The van der Waals surface area contributed by atoms with E-state index >= 15 is 0 Å². The monoisotopic (exact) mass is 374 g/mol. The summed E-state index contributed by atoms with van der Waals surface area (Å²) in [6.45, 7) is -0.666. The maximum absolute atomic E-state index is 14.8. The summed E-state index contributed by atoms with van der Waals surface area (Å²) in [6, 6.07) is 13.0. The Morgan fingerprint density at radius 3 is 1.59 bits per heavy atom. The van der Waals surface area contributed by atoms with Crippen molar-refractivity contribution in [2.24, 2.45) is 0 Å². The third-order valence-electron chi connectivity index (χ3n) is 5.08. The molecule has 0 aromatic heterocycles. The number of hydrogen-bond acceptors (Lipinski definition) is 2. The molecule has 6 rings (SSSR count). The number of rotatable bonds is 1. The highest BCUT2D eigenvalue weighted by Gasteiger charge is 2.57. The zero-order valence-corrected chi connectivity index (χ0v) is 13.4. The van der Waals surface area contributed by atoms with Gasteiger partial charge in [-0.3, -0.25) is 4.81 Å². The van der Waals surface area contributed by atoms with Crippen molar-refractivity contribution in [3.8, 4) is 0 Å². The summed E-state index contributed by atoms with van der Waals surface area (Å²) in [5.74, 6) is -10.2. The molecule has 3 aliphatic heterocycles. The minimum atomic E-state index is -2.22. The highest BCUT2D eigenvalue weighted by atomic mass is 19.2. The Hall–Kier alpha value is -2.71. The zero-order chi connectivity index (χ0) is 18.9. The van der Waals surface area contributed by atoms with Crippen molar-refractivity contribution in [1.29, 1.82) is 0 Å². The maximum Gasteiger partial charge on any atom is 0.406 e. The molecule has 3 aromatic carbocycles. The Balaban J connectivity index is 1.97. The van der Waals surface area contributed by atoms with Gasteiger partial charge in [-0.15, -0.1) is 0 Å². The topological polar surface area (TPSA) is 18.5 Å². The SMILES string of the molecule is Fc1c(F)c(F)c(C23OOB(c4ccccc42)c2ccccc23)c(F)c1F. The largest absolute Gasteiger partial charge is 0.406 e. The van der Waals surface area contributed by atoms with Gasteiger partial charge in [-0.25, -0.2) is 26.8 Å². The summed E-state index contributed by atoms with van der Waals surface area (Å²) in [5.41, 5.74) is -1.62. The smallest absolute Gasteiger partial charge is 0.290 e. The molecule has 2 bridgehead atoms. The van der Waals surface area contributed by atoms with Crippen LogP contribution >= 0.6 is 0 Å². The lowest BCUT2D eigenvalue weighted by molar-refractivity contribution is -0.282. The Morgan fingerprint density at radius 1 is 0.630 bits per heavy atom. The van der Waals surface area contributed by atoms with Crippen molar-refractivity contribution >= 4 is 17.8 Å². The minimum Gasteiger partial charge on any atom is -0.290 e. The molecule has 0 atom stereocenters. The van der Waals surface area contributed by atoms with Crippen LogP contribution in [0.5, 0.6) is 0 Å². The average Bonchev–Trinajstić information content (AvgIpc) is 2.71. The van der Waals surface area contributed by atoms with E-state index in [0.29, 0.717) is 10.9 Å². The van der Waals surface area contributed by atoms with Crippen LogP contribution in [-0.4, -0.2) is 6.92 Å². The molecule has 0 aliphatic carbocycles. The van der Waals surface area contributed by atoms with Gasteiger partial charge in [0.05, 0.1) is 5.56 Å². The van der Waals surface area contributed by atoms with Gasteiger partial charge in [0.15, 0.2) is 28.9 Å². The molecule has 134 valence electrons. The molecule has 0 spiro atoms. The molecule has 0 saturated carbocycles. The van der Waals surface area contributed by atoms with Crippen molar-refractivity contribution < 1.29 is 31.6 Å². The van der Waals surface area contributed by atoms with E-state index in [0.717, 1.165) is 0 Å². The standard InChI is InChI=1S/C19H8BF5O2/c21-14-13(15(22)17(24)18(25)16(14)23)19-9-5-1-3-7-11(9)20(27-26-19)12-8-4-2-6-10(12)19/h1-8H. The van der Waals surface area contributed by atoms with Crippen LogP contribution < -0.4 is 10.9 Å². The molecular weight excluding hydrogens is 366 g/mol. The molecule has 2 nitrogen and oxygen atoms in total. The summed E-state index contributed by atoms with van der Waals surface area (Å²) in [6.07, 6.45) is 0. The van der Waals surface area contributed by atoms with E-state index in [4.69, 9.17) is 9.69 Å². The van der Waals surface area contributed by atoms with Gasteiger partial charge in [-0.2, -0.15) is 0 Å². The fourth-order valence-electron chi connectivity index (χ4n) is 3.94. The second-order valence-corrected chi connectivity index (χ2v) is 6.36. The third kappa shape index (κ3) is 1.86. The normalized spacial score (nSPS) is 16.3. The highest BCUT2D eigenvalue weighted by Crippen LogP contribution is 2.47. The van der Waals surface area contributed by atoms with Gasteiger partial charge in [-0.05, 0) is 22.1 Å². The van der Waals surface area contributed by atoms with Crippen LogP contribution in [0.3, 0.4) is 0 Å². The lowest BCUT2D eigenvalue weighted by Gasteiger charge is -2.46. The lowest BCUT2D eigenvalue weighted by Crippen LogP contribution is -2.64. The minimum absolute atomic E-state index is 0.267. The zero-order valence-electron chi connectivity index (χ0n) is 13.4. The van der Waals surface area contributed by atoms with E-state index in [9.17, 15) is 22.0 Å². The van der Waals surface area contributed by atoms with Gasteiger partial charge >= 0.3 is 6.92 Å². The summed E-state index contributed by atoms with van der Waals surface area (Å²) < 4.78 is 71.1. The Labute approximate surface area is 150 Å². The molecule has 27 heavy (non-hydrogen) atoms. The molecule has 0 N–H and O–H groups in total. The molecule has 8 heteroatoms. The Morgan fingerprint density at radius 2 is 1.07 bits per heavy atom. The van der Waals surface area contributed by atoms with Gasteiger partial charge in [0.25, 0.3) is 0 Å². The van der Waals surface area contributed by atoms with Crippen LogP contribution in [0.1, 0.15) is 16.7 Å². The molecule has 0 radical (unpaired) electrons. The first kappa shape index (κ1) is 16.5. The van der Waals surface area contributed by atoms with E-state index in [1.165, 1.54) is 12.1 Å². The van der Waals surface area contributed by atoms with Crippen molar-refractivity contribution in [2.45, 2.75) is 5.60 Å². The third-order valence-corrected chi connectivity index (χ3v) is 5.08. The molecule has 0 fully saturated rings. The van der Waals surface area contributed by atoms with Crippen LogP contribution in [0.4, 0.5) is 22.0 Å². The van der Waals surface area contributed by atoms with Crippen LogP contribution in [-0.2, 0) is 15.3 Å². The Kier molecular flexibility index (Phi) is 3.30. The molecule has 3 aliphatic rings. The van der Waals surface area contributed by atoms with Crippen molar-refractivity contribution in [2.75, 3.05) is 0 Å². The van der Waals surface area contributed by atoms with E-state index in [-0.39, 0.29) is 11.1 Å². The van der Waals surface area contributed by atoms with E-state index < -0.39 is 47.2 Å². The lowest BCUT2D eigenvalue weighted by atomic mass is 9.45. The van der Waals surface area contributed by atoms with Crippen molar-refractivity contribution in [3.05, 3.63) is 94.3 Å². The number of benzene rings is 3. The number of fused-ring (bicyclic) bond motifs is 1. The molecule has 3 aromatic rings. The quantitative estimate of drug-likeness (QED) is 0.214. The van der Waals surface area contributed by atoms with E-state index in [1.807, 2.05) is 0 Å². The van der Waals surface area contributed by atoms with Gasteiger partial charge in [0.2, 0.25) is 5.82 Å². The van der Waals surface area contributed by atoms with Crippen molar-refractivity contribution in [1.82, 2.24) is 0 Å². The summed E-state index contributed by atoms with van der Waals surface area (Å²) in [5, 5.41) is 0. The van der Waals surface area contributed by atoms with Crippen molar-refractivity contribution in [3.63, 3.8) is 0 Å². The molecular formula is C19H8BF5O2. The van der Waals surface area contributed by atoms with Gasteiger partial charge in [0, 0.05) is 0 Å². The average molecular weight is 374 g/mol. The summed E-state index contributed by atoms with van der Waals surface area (Å²) in [4.78, 5) is 10.7. The van der Waals surface area contributed by atoms with Crippen LogP contribution in [0.15, 0.2) is 48.5 Å². The fourth-order valence-corrected chi connectivity index (χ4v) is 3.94.